The van der Waals surface area contributed by atoms with Gasteiger partial charge in [-0.1, -0.05) is 19.3 Å². The van der Waals surface area contributed by atoms with Gasteiger partial charge in [-0.2, -0.15) is 13.2 Å². The smallest absolute Gasteiger partial charge is 0.329 e. The van der Waals surface area contributed by atoms with E-state index in [4.69, 9.17) is 5.73 Å². The molecular weight excluding hydrogens is 277 g/mol. The molecule has 1 aliphatic rings. The molecule has 7 heteroatoms. The van der Waals surface area contributed by atoms with Gasteiger partial charge >= 0.3 is 6.18 Å². The third kappa shape index (κ3) is 2.81. The van der Waals surface area contributed by atoms with E-state index in [1.807, 2.05) is 0 Å². The van der Waals surface area contributed by atoms with Gasteiger partial charge in [0.2, 0.25) is 0 Å². The van der Waals surface area contributed by atoms with Crippen LogP contribution in [0.1, 0.15) is 46.8 Å². The van der Waals surface area contributed by atoms with Gasteiger partial charge in [0.1, 0.15) is 0 Å². The van der Waals surface area contributed by atoms with E-state index in [0.29, 0.717) is 24.2 Å². The zero-order chi connectivity index (χ0) is 14.1. The first-order valence-electron chi connectivity index (χ1n) is 6.17. The number of nitrogens with two attached hydrogens (primary N) is 1. The number of rotatable bonds is 3. The van der Waals surface area contributed by atoms with Crippen molar-refractivity contribution in [3.8, 4) is 0 Å². The summed E-state index contributed by atoms with van der Waals surface area (Å²) in [5, 5.41) is -0.973. The number of thiazole rings is 1. The van der Waals surface area contributed by atoms with E-state index in [0.717, 1.165) is 25.5 Å². The molecule has 1 aromatic rings. The van der Waals surface area contributed by atoms with Crippen molar-refractivity contribution in [3.63, 3.8) is 0 Å². The fraction of sp³-hybridized carbons (Fsp3) is 0.667. The fourth-order valence-corrected chi connectivity index (χ4v) is 3.37. The van der Waals surface area contributed by atoms with Crippen molar-refractivity contribution >= 4 is 17.1 Å². The predicted octanol–water partition coefficient (Wildman–Crippen LogP) is 3.25. The van der Waals surface area contributed by atoms with Crippen molar-refractivity contribution < 1.29 is 18.0 Å². The molecular formula is C12H15F3N2OS. The Balaban J connectivity index is 2.25. The van der Waals surface area contributed by atoms with Crippen molar-refractivity contribution in [1.82, 2.24) is 4.98 Å². The first kappa shape index (κ1) is 14.5. The lowest BCUT2D eigenvalue weighted by Crippen LogP contribution is -2.40. The Morgan fingerprint density at radius 1 is 1.37 bits per heavy atom. The normalized spacial score (nSPS) is 19.4. The number of aromatic nitrogens is 1. The average Bonchev–Trinajstić information content (AvgIpc) is 2.88. The standard InChI is InChI=1S/C12H15F3N2OS/c13-12(14,15)10-17-6-8(19-10)9(18)11(7-16)4-2-1-3-5-11/h6H,1-5,7,16H2. The molecule has 1 aliphatic carbocycles. The van der Waals surface area contributed by atoms with Crippen LogP contribution in [0.15, 0.2) is 6.20 Å². The number of halogens is 3. The van der Waals surface area contributed by atoms with Crippen LogP contribution in [0.25, 0.3) is 0 Å². The van der Waals surface area contributed by atoms with Crippen LogP contribution >= 0.6 is 11.3 Å². The molecule has 2 rings (SSSR count). The number of hydrogen-bond acceptors (Lipinski definition) is 4. The van der Waals surface area contributed by atoms with Crippen molar-refractivity contribution in [2.75, 3.05) is 6.54 Å². The van der Waals surface area contributed by atoms with Gasteiger partial charge in [0, 0.05) is 18.2 Å². The second-order valence-corrected chi connectivity index (χ2v) is 5.93. The summed E-state index contributed by atoms with van der Waals surface area (Å²) in [6.45, 7) is 0.186. The number of nitrogens with zero attached hydrogens (tertiary/aromatic N) is 1. The number of carbonyl (C=O) groups excluding carboxylic acids is 1. The Labute approximate surface area is 113 Å². The summed E-state index contributed by atoms with van der Waals surface area (Å²) in [5.41, 5.74) is 5.02. The number of Topliss-reactive ketones (excluding diaryl/α,β-unsaturated/α-hetero) is 1. The van der Waals surface area contributed by atoms with Crippen LogP contribution < -0.4 is 5.73 Å². The van der Waals surface area contributed by atoms with Gasteiger partial charge in [-0.05, 0) is 12.8 Å². The Hall–Kier alpha value is -0.950. The molecule has 2 N–H and O–H groups in total. The second-order valence-electron chi connectivity index (χ2n) is 4.90. The van der Waals surface area contributed by atoms with Crippen LogP contribution in [0.3, 0.4) is 0 Å². The molecule has 0 aliphatic heterocycles. The summed E-state index contributed by atoms with van der Waals surface area (Å²) < 4.78 is 37.5. The first-order valence-corrected chi connectivity index (χ1v) is 6.99. The topological polar surface area (TPSA) is 56.0 Å². The molecule has 0 atom stereocenters. The van der Waals surface area contributed by atoms with Gasteiger partial charge in [-0.25, -0.2) is 4.98 Å². The molecule has 1 fully saturated rings. The van der Waals surface area contributed by atoms with Crippen molar-refractivity contribution in [2.24, 2.45) is 11.1 Å². The summed E-state index contributed by atoms with van der Waals surface area (Å²) in [4.78, 5) is 15.8. The lowest BCUT2D eigenvalue weighted by Gasteiger charge is -2.34. The van der Waals surface area contributed by atoms with Gasteiger partial charge in [0.05, 0.1) is 4.88 Å². The van der Waals surface area contributed by atoms with E-state index in [2.05, 4.69) is 4.98 Å². The van der Waals surface area contributed by atoms with Crippen LogP contribution in [0.5, 0.6) is 0 Å². The molecule has 0 aromatic carbocycles. The zero-order valence-electron chi connectivity index (χ0n) is 10.3. The summed E-state index contributed by atoms with van der Waals surface area (Å²) >= 11 is 0.414. The van der Waals surface area contributed by atoms with E-state index in [1.54, 1.807) is 0 Å². The minimum absolute atomic E-state index is 0.0691. The highest BCUT2D eigenvalue weighted by molar-refractivity contribution is 7.13. The predicted molar refractivity (Wildman–Crippen MR) is 66.0 cm³/mol. The summed E-state index contributed by atoms with van der Waals surface area (Å²) in [6.07, 6.45) is 0.684. The molecule has 1 heterocycles. The number of alkyl halides is 3. The maximum absolute atomic E-state index is 12.5. The van der Waals surface area contributed by atoms with E-state index in [9.17, 15) is 18.0 Å². The van der Waals surface area contributed by atoms with Crippen molar-refractivity contribution in [2.45, 2.75) is 38.3 Å². The highest BCUT2D eigenvalue weighted by atomic mass is 32.1. The largest absolute Gasteiger partial charge is 0.443 e. The Morgan fingerprint density at radius 2 is 2.00 bits per heavy atom. The number of ketones is 1. The molecule has 0 bridgehead atoms. The maximum Gasteiger partial charge on any atom is 0.443 e. The molecule has 1 aromatic heterocycles. The van der Waals surface area contributed by atoms with Crippen molar-refractivity contribution in [1.29, 1.82) is 0 Å². The minimum Gasteiger partial charge on any atom is -0.329 e. The summed E-state index contributed by atoms with van der Waals surface area (Å²) in [5.74, 6) is -0.275. The van der Waals surface area contributed by atoms with Crippen LogP contribution in [-0.4, -0.2) is 17.3 Å². The van der Waals surface area contributed by atoms with Crippen LogP contribution in [0.4, 0.5) is 13.2 Å². The second kappa shape index (κ2) is 5.20. The van der Waals surface area contributed by atoms with E-state index in [1.165, 1.54) is 0 Å². The van der Waals surface area contributed by atoms with Gasteiger partial charge in [-0.3, -0.25) is 4.79 Å². The molecule has 106 valence electrons. The SMILES string of the molecule is NCC1(C(=O)c2cnc(C(F)(F)F)s2)CCCCC1. The van der Waals surface area contributed by atoms with Crippen LogP contribution in [0.2, 0.25) is 0 Å². The van der Waals surface area contributed by atoms with E-state index < -0.39 is 16.6 Å². The number of hydrogen-bond donors (Lipinski definition) is 1. The molecule has 0 amide bonds. The maximum atomic E-state index is 12.5. The molecule has 19 heavy (non-hydrogen) atoms. The third-order valence-corrected chi connectivity index (χ3v) is 4.70. The lowest BCUT2D eigenvalue weighted by molar-refractivity contribution is -0.137. The van der Waals surface area contributed by atoms with Gasteiger partial charge in [0.25, 0.3) is 0 Å². The minimum atomic E-state index is -4.49. The Morgan fingerprint density at radius 3 is 2.47 bits per heavy atom. The van der Waals surface area contributed by atoms with Gasteiger partial charge in [0.15, 0.2) is 10.8 Å². The average molecular weight is 292 g/mol. The Bertz CT molecular complexity index is 464. The lowest BCUT2D eigenvalue weighted by atomic mass is 9.71. The highest BCUT2D eigenvalue weighted by Crippen LogP contribution is 2.40. The van der Waals surface area contributed by atoms with E-state index in [-0.39, 0.29) is 17.2 Å². The highest BCUT2D eigenvalue weighted by Gasteiger charge is 2.41. The molecule has 0 spiro atoms. The van der Waals surface area contributed by atoms with Crippen LogP contribution in [-0.2, 0) is 6.18 Å². The first-order chi connectivity index (χ1) is 8.89. The third-order valence-electron chi connectivity index (χ3n) is 3.66. The summed E-state index contributed by atoms with van der Waals surface area (Å²) in [7, 11) is 0. The molecule has 0 radical (unpaired) electrons. The van der Waals surface area contributed by atoms with Gasteiger partial charge in [-0.15, -0.1) is 11.3 Å². The molecule has 3 nitrogen and oxygen atoms in total. The van der Waals surface area contributed by atoms with E-state index >= 15 is 0 Å². The summed E-state index contributed by atoms with van der Waals surface area (Å²) in [6, 6.07) is 0. The quantitative estimate of drug-likeness (QED) is 0.870. The van der Waals surface area contributed by atoms with Gasteiger partial charge < -0.3 is 5.73 Å². The van der Waals surface area contributed by atoms with Crippen LogP contribution in [0, 0.1) is 5.41 Å². The monoisotopic (exact) mass is 292 g/mol. The molecule has 0 saturated heterocycles. The molecule has 1 saturated carbocycles. The zero-order valence-corrected chi connectivity index (χ0v) is 11.1. The Kier molecular flexibility index (Phi) is 3.96. The number of carbonyl (C=O) groups is 1. The molecule has 0 unspecified atom stereocenters. The fourth-order valence-electron chi connectivity index (χ4n) is 2.52. The van der Waals surface area contributed by atoms with Crippen molar-refractivity contribution in [3.05, 3.63) is 16.1 Å².